The molecule has 0 saturated carbocycles. The molecule has 0 bridgehead atoms. The van der Waals surface area contributed by atoms with Crippen molar-refractivity contribution < 1.29 is 35.1 Å². The third-order valence-corrected chi connectivity index (χ3v) is 2.51. The van der Waals surface area contributed by atoms with Crippen molar-refractivity contribution in [3.8, 4) is 0 Å². The van der Waals surface area contributed by atoms with E-state index in [2.05, 4.69) is 0 Å². The lowest BCUT2D eigenvalue weighted by Crippen LogP contribution is -2.64. The van der Waals surface area contributed by atoms with Crippen LogP contribution in [0.3, 0.4) is 0 Å². The van der Waals surface area contributed by atoms with E-state index in [0.29, 0.717) is 0 Å². The fourth-order valence-electron chi connectivity index (χ4n) is 1.44. The van der Waals surface area contributed by atoms with E-state index in [-0.39, 0.29) is 6.29 Å². The lowest BCUT2D eigenvalue weighted by molar-refractivity contribution is -0.193. The van der Waals surface area contributed by atoms with E-state index in [1.165, 1.54) is 13.8 Å². The molecule has 0 saturated heterocycles. The van der Waals surface area contributed by atoms with Crippen molar-refractivity contribution in [2.24, 2.45) is 5.92 Å². The number of Topliss-reactive ketones (excluding diaryl/α,β-unsaturated/α-hetero) is 1. The topological polar surface area (TPSA) is 135 Å². The molecule has 0 spiro atoms. The highest BCUT2D eigenvalue weighted by molar-refractivity contribution is 5.90. The maximum atomic E-state index is 11.7. The first-order valence-electron chi connectivity index (χ1n) is 5.10. The van der Waals surface area contributed by atoms with Crippen molar-refractivity contribution in [3.63, 3.8) is 0 Å². The molecule has 4 atom stereocenters. The summed E-state index contributed by atoms with van der Waals surface area (Å²) < 4.78 is 0. The number of aliphatic hydroxyl groups is 5. The third-order valence-electron chi connectivity index (χ3n) is 2.51. The van der Waals surface area contributed by atoms with E-state index in [0.717, 1.165) is 0 Å². The first kappa shape index (κ1) is 16.1. The number of carbonyl (C=O) groups excluding carboxylic acids is 2. The summed E-state index contributed by atoms with van der Waals surface area (Å²) in [6.07, 6.45) is -6.32. The zero-order valence-corrected chi connectivity index (χ0v) is 9.65. The molecule has 7 heteroatoms. The maximum Gasteiger partial charge on any atom is 0.180 e. The van der Waals surface area contributed by atoms with Gasteiger partial charge in [0.25, 0.3) is 0 Å². The average Bonchev–Trinajstić information content (AvgIpc) is 2.33. The zero-order chi connectivity index (χ0) is 13.8. The summed E-state index contributed by atoms with van der Waals surface area (Å²) in [5.41, 5.74) is -2.79. The molecule has 0 rings (SSSR count). The van der Waals surface area contributed by atoms with E-state index in [1.807, 2.05) is 0 Å². The van der Waals surface area contributed by atoms with Crippen molar-refractivity contribution in [2.45, 2.75) is 37.8 Å². The normalized spacial score (nSPS) is 20.5. The van der Waals surface area contributed by atoms with Crippen LogP contribution in [0.2, 0.25) is 0 Å². The first-order valence-corrected chi connectivity index (χ1v) is 5.10. The highest BCUT2D eigenvalue weighted by Gasteiger charge is 2.52. The van der Waals surface area contributed by atoms with Crippen LogP contribution in [0.5, 0.6) is 0 Å². The number of ketones is 1. The van der Waals surface area contributed by atoms with Crippen molar-refractivity contribution in [1.29, 1.82) is 0 Å². The van der Waals surface area contributed by atoms with Crippen LogP contribution in [0.25, 0.3) is 0 Å². The van der Waals surface area contributed by atoms with E-state index < -0.39 is 42.2 Å². The van der Waals surface area contributed by atoms with Gasteiger partial charge in [-0.2, -0.15) is 0 Å². The van der Waals surface area contributed by atoms with Crippen LogP contribution in [0, 0.1) is 5.92 Å². The Labute approximate surface area is 98.3 Å². The second kappa shape index (κ2) is 6.18. The van der Waals surface area contributed by atoms with Crippen LogP contribution in [0.4, 0.5) is 0 Å². The highest BCUT2D eigenvalue weighted by Crippen LogP contribution is 2.23. The van der Waals surface area contributed by atoms with Crippen LogP contribution < -0.4 is 0 Å². The molecular formula is C10H18O7. The minimum Gasteiger partial charge on any atom is -0.394 e. The van der Waals surface area contributed by atoms with Gasteiger partial charge in [0.15, 0.2) is 17.7 Å². The van der Waals surface area contributed by atoms with Crippen LogP contribution >= 0.6 is 0 Å². The number of aliphatic hydroxyl groups excluding tert-OH is 4. The number of hydrogen-bond acceptors (Lipinski definition) is 7. The molecule has 7 nitrogen and oxygen atoms in total. The number of rotatable bonds is 7. The summed E-state index contributed by atoms with van der Waals surface area (Å²) in [5.74, 6) is -1.75. The van der Waals surface area contributed by atoms with Crippen LogP contribution in [0.1, 0.15) is 13.8 Å². The van der Waals surface area contributed by atoms with Gasteiger partial charge < -0.3 is 30.3 Å². The molecule has 5 N–H and O–H groups in total. The molecule has 0 aromatic rings. The quantitative estimate of drug-likeness (QED) is 0.308. The molecule has 0 heterocycles. The first-order chi connectivity index (χ1) is 7.73. The summed E-state index contributed by atoms with van der Waals surface area (Å²) in [7, 11) is 0. The van der Waals surface area contributed by atoms with Crippen LogP contribution in [-0.4, -0.2) is 68.1 Å². The third kappa shape index (κ3) is 3.08. The fraction of sp³-hybridized carbons (Fsp3) is 0.800. The molecule has 0 aliphatic rings. The van der Waals surface area contributed by atoms with Gasteiger partial charge in [0.2, 0.25) is 0 Å². The van der Waals surface area contributed by atoms with Crippen molar-refractivity contribution in [1.82, 2.24) is 0 Å². The van der Waals surface area contributed by atoms with Crippen molar-refractivity contribution in [3.05, 3.63) is 0 Å². The fourth-order valence-corrected chi connectivity index (χ4v) is 1.44. The van der Waals surface area contributed by atoms with E-state index in [4.69, 9.17) is 10.2 Å². The molecule has 100 valence electrons. The largest absolute Gasteiger partial charge is 0.394 e. The minimum absolute atomic E-state index is 0.0761. The Balaban J connectivity index is 5.38. The molecule has 0 aromatic heterocycles. The summed E-state index contributed by atoms with van der Waals surface area (Å²) in [6, 6.07) is 0. The molecule has 0 amide bonds. The molecule has 0 aliphatic carbocycles. The molecule has 0 aliphatic heterocycles. The van der Waals surface area contributed by atoms with Gasteiger partial charge in [0.1, 0.15) is 18.3 Å². The Morgan fingerprint density at radius 2 is 1.76 bits per heavy atom. The molecule has 0 fully saturated rings. The van der Waals surface area contributed by atoms with Gasteiger partial charge in [-0.25, -0.2) is 0 Å². The van der Waals surface area contributed by atoms with Gasteiger partial charge in [0.05, 0.1) is 6.61 Å². The number of carbonyl (C=O) groups is 2. The standard InChI is InChI=1S/C10H18O7/c1-5(2)8(15)10(17,7(14)4-12)9(16)6(13)3-11/h3,5-7,9,12-14,16-17H,4H2,1-2H3. The Kier molecular flexibility index (Phi) is 5.86. The molecular weight excluding hydrogens is 232 g/mol. The van der Waals surface area contributed by atoms with Gasteiger partial charge in [-0.15, -0.1) is 0 Å². The highest BCUT2D eigenvalue weighted by atomic mass is 16.4. The summed E-state index contributed by atoms with van der Waals surface area (Å²) >= 11 is 0. The predicted molar refractivity (Wildman–Crippen MR) is 56.0 cm³/mol. The van der Waals surface area contributed by atoms with Gasteiger partial charge in [-0.05, 0) is 0 Å². The minimum atomic E-state index is -2.79. The Morgan fingerprint density at radius 3 is 2.06 bits per heavy atom. The number of hydrogen-bond donors (Lipinski definition) is 5. The molecule has 0 aromatic carbocycles. The average molecular weight is 250 g/mol. The lowest BCUT2D eigenvalue weighted by atomic mass is 9.79. The summed E-state index contributed by atoms with van der Waals surface area (Å²) in [5, 5.41) is 46.8. The van der Waals surface area contributed by atoms with Crippen LogP contribution in [-0.2, 0) is 9.59 Å². The van der Waals surface area contributed by atoms with Crippen molar-refractivity contribution in [2.75, 3.05) is 6.61 Å². The zero-order valence-electron chi connectivity index (χ0n) is 9.65. The van der Waals surface area contributed by atoms with Gasteiger partial charge in [-0.1, -0.05) is 13.8 Å². The monoisotopic (exact) mass is 250 g/mol. The second-order valence-corrected chi connectivity index (χ2v) is 4.11. The van der Waals surface area contributed by atoms with Crippen LogP contribution in [0.15, 0.2) is 0 Å². The Hall–Kier alpha value is -0.860. The van der Waals surface area contributed by atoms with Gasteiger partial charge >= 0.3 is 0 Å². The predicted octanol–water partition coefficient (Wildman–Crippen LogP) is -2.78. The Morgan fingerprint density at radius 1 is 1.29 bits per heavy atom. The second-order valence-electron chi connectivity index (χ2n) is 4.11. The summed E-state index contributed by atoms with van der Waals surface area (Å²) in [6.45, 7) is 1.80. The van der Waals surface area contributed by atoms with Crippen molar-refractivity contribution >= 4 is 12.1 Å². The van der Waals surface area contributed by atoms with Gasteiger partial charge in [-0.3, -0.25) is 4.79 Å². The SMILES string of the molecule is CC(C)C(=O)C(O)(C(O)CO)C(O)C(O)C=O. The lowest BCUT2D eigenvalue weighted by Gasteiger charge is -2.36. The van der Waals surface area contributed by atoms with E-state index >= 15 is 0 Å². The Bertz CT molecular complexity index is 278. The maximum absolute atomic E-state index is 11.7. The van der Waals surface area contributed by atoms with E-state index in [1.54, 1.807) is 0 Å². The molecule has 0 radical (unpaired) electrons. The number of aldehydes is 1. The summed E-state index contributed by atoms with van der Waals surface area (Å²) in [4.78, 5) is 22.0. The van der Waals surface area contributed by atoms with Gasteiger partial charge in [0, 0.05) is 5.92 Å². The van der Waals surface area contributed by atoms with E-state index in [9.17, 15) is 24.9 Å². The smallest absolute Gasteiger partial charge is 0.180 e. The molecule has 17 heavy (non-hydrogen) atoms. The molecule has 4 unspecified atom stereocenters.